The number of amides is 2. The molecule has 0 aliphatic rings. The van der Waals surface area contributed by atoms with Gasteiger partial charge in [0.15, 0.2) is 0 Å². The maximum Gasteiger partial charge on any atom is 0.270 e. The minimum absolute atomic E-state index is 0.132. The molecule has 0 aliphatic carbocycles. The van der Waals surface area contributed by atoms with Gasteiger partial charge in [-0.15, -0.1) is 0 Å². The summed E-state index contributed by atoms with van der Waals surface area (Å²) >= 11 is 0. The van der Waals surface area contributed by atoms with Crippen LogP contribution in [0.15, 0.2) is 102 Å². The van der Waals surface area contributed by atoms with E-state index in [-0.39, 0.29) is 33.1 Å². The Hall–Kier alpha value is -5.10. The zero-order valence-corrected chi connectivity index (χ0v) is 20.2. The van der Waals surface area contributed by atoms with Crippen molar-refractivity contribution >= 4 is 44.6 Å². The highest BCUT2D eigenvalue weighted by atomic mass is 32.2. The van der Waals surface area contributed by atoms with Crippen LogP contribution in [0.25, 0.3) is 0 Å². The molecule has 0 bridgehead atoms. The number of hydrogen-bond donors (Lipinski definition) is 3. The molecule has 0 fully saturated rings. The Labute approximate surface area is 216 Å². The van der Waals surface area contributed by atoms with Crippen LogP contribution < -0.4 is 15.4 Å². The molecule has 3 N–H and O–H groups in total. The lowest BCUT2D eigenvalue weighted by Gasteiger charge is -2.12. The number of para-hydroxylation sites is 1. The lowest BCUT2D eigenvalue weighted by atomic mass is 10.1. The molecule has 10 nitrogen and oxygen atoms in total. The van der Waals surface area contributed by atoms with Gasteiger partial charge in [-0.25, -0.2) is 12.8 Å². The predicted octanol–water partition coefficient (Wildman–Crippen LogP) is 5.04. The number of non-ortho nitro benzene ring substituents is 1. The van der Waals surface area contributed by atoms with Crippen LogP contribution >= 0.6 is 0 Å². The van der Waals surface area contributed by atoms with Gasteiger partial charge >= 0.3 is 0 Å². The first-order chi connectivity index (χ1) is 18.1. The Balaban J connectivity index is 1.46. The van der Waals surface area contributed by atoms with Crippen molar-refractivity contribution in [2.24, 2.45) is 0 Å². The molecule has 0 atom stereocenters. The summed E-state index contributed by atoms with van der Waals surface area (Å²) in [5.41, 5.74) is 0.718. The molecule has 0 aliphatic heterocycles. The number of sulfonamides is 1. The van der Waals surface area contributed by atoms with E-state index in [0.717, 1.165) is 6.07 Å². The van der Waals surface area contributed by atoms with Gasteiger partial charge in [-0.2, -0.15) is 0 Å². The summed E-state index contributed by atoms with van der Waals surface area (Å²) in [6, 6.07) is 21.6. The largest absolute Gasteiger partial charge is 0.322 e. The molecule has 0 unspecified atom stereocenters. The summed E-state index contributed by atoms with van der Waals surface area (Å²) < 4.78 is 40.7. The van der Waals surface area contributed by atoms with Gasteiger partial charge in [0, 0.05) is 29.1 Å². The Morgan fingerprint density at radius 2 is 1.42 bits per heavy atom. The number of nitrogens with one attached hydrogen (secondary N) is 3. The zero-order chi connectivity index (χ0) is 27.3. The van der Waals surface area contributed by atoms with Crippen molar-refractivity contribution in [1.29, 1.82) is 0 Å². The van der Waals surface area contributed by atoms with Gasteiger partial charge in [-0.05, 0) is 66.7 Å². The molecule has 0 radical (unpaired) electrons. The molecule has 2 amide bonds. The topological polar surface area (TPSA) is 148 Å². The summed E-state index contributed by atoms with van der Waals surface area (Å²) in [7, 11) is -4.11. The first kappa shape index (κ1) is 26.0. The van der Waals surface area contributed by atoms with Crippen LogP contribution in [0.1, 0.15) is 20.7 Å². The van der Waals surface area contributed by atoms with Crippen LogP contribution in [-0.2, 0) is 10.0 Å². The number of carbonyl (C=O) groups excluding carboxylic acids is 2. The fourth-order valence-electron chi connectivity index (χ4n) is 3.38. The number of hydrogen-bond acceptors (Lipinski definition) is 6. The normalized spacial score (nSPS) is 10.9. The summed E-state index contributed by atoms with van der Waals surface area (Å²) in [6.45, 7) is 0. The number of carbonyl (C=O) groups is 2. The monoisotopic (exact) mass is 534 g/mol. The number of nitro benzene ring substituents is 1. The van der Waals surface area contributed by atoms with E-state index in [1.165, 1.54) is 72.8 Å². The third kappa shape index (κ3) is 6.17. The van der Waals surface area contributed by atoms with Crippen molar-refractivity contribution in [2.45, 2.75) is 4.90 Å². The van der Waals surface area contributed by atoms with Gasteiger partial charge < -0.3 is 10.6 Å². The van der Waals surface area contributed by atoms with E-state index in [9.17, 15) is 32.5 Å². The van der Waals surface area contributed by atoms with Crippen LogP contribution in [0.3, 0.4) is 0 Å². The number of halogens is 1. The highest BCUT2D eigenvalue weighted by molar-refractivity contribution is 7.92. The third-order valence-electron chi connectivity index (χ3n) is 5.26. The standard InChI is InChI=1S/C26H19FN4O6S/c27-18-10-14-19(15-11-18)28-26(33)23-6-1-2-7-24(23)29-25(32)17-8-12-20(13-9-17)30-38(36,37)22-5-3-4-21(16-22)31(34)35/h1-16,30H,(H,28,33)(H,29,32). The maximum atomic E-state index is 13.1. The molecule has 0 saturated heterocycles. The van der Waals surface area contributed by atoms with E-state index >= 15 is 0 Å². The molecule has 0 heterocycles. The van der Waals surface area contributed by atoms with Gasteiger partial charge in [0.05, 0.1) is 21.1 Å². The molecule has 4 rings (SSSR count). The second-order valence-corrected chi connectivity index (χ2v) is 9.58. The van der Waals surface area contributed by atoms with Crippen molar-refractivity contribution in [1.82, 2.24) is 0 Å². The maximum absolute atomic E-state index is 13.1. The Bertz CT molecular complexity index is 1620. The smallest absolute Gasteiger partial charge is 0.270 e. The summed E-state index contributed by atoms with van der Waals surface area (Å²) in [5.74, 6) is -1.52. The molecule has 12 heteroatoms. The van der Waals surface area contributed by atoms with Crippen molar-refractivity contribution in [3.63, 3.8) is 0 Å². The number of anilines is 3. The number of benzene rings is 4. The van der Waals surface area contributed by atoms with E-state index in [1.54, 1.807) is 18.2 Å². The second-order valence-electron chi connectivity index (χ2n) is 7.90. The average molecular weight is 535 g/mol. The van der Waals surface area contributed by atoms with Crippen molar-refractivity contribution < 1.29 is 27.3 Å². The molecule has 38 heavy (non-hydrogen) atoms. The van der Waals surface area contributed by atoms with Crippen molar-refractivity contribution in [2.75, 3.05) is 15.4 Å². The molecule has 0 aromatic heterocycles. The van der Waals surface area contributed by atoms with Gasteiger partial charge in [0.1, 0.15) is 5.82 Å². The van der Waals surface area contributed by atoms with Crippen LogP contribution in [0, 0.1) is 15.9 Å². The summed E-state index contributed by atoms with van der Waals surface area (Å²) in [4.78, 5) is 35.5. The van der Waals surface area contributed by atoms with E-state index in [1.807, 2.05) is 0 Å². The molecular formula is C26H19FN4O6S. The SMILES string of the molecule is O=C(Nc1ccccc1C(=O)Nc1ccc(F)cc1)c1ccc(NS(=O)(=O)c2cccc([N+](=O)[O-])c2)cc1. The lowest BCUT2D eigenvalue weighted by molar-refractivity contribution is -0.385. The molecule has 0 saturated carbocycles. The Morgan fingerprint density at radius 3 is 2.11 bits per heavy atom. The summed E-state index contributed by atoms with van der Waals surface area (Å²) in [6.07, 6.45) is 0. The quantitative estimate of drug-likeness (QED) is 0.213. The van der Waals surface area contributed by atoms with Gasteiger partial charge in [0.25, 0.3) is 27.5 Å². The third-order valence-corrected chi connectivity index (χ3v) is 6.64. The molecule has 4 aromatic carbocycles. The fourth-order valence-corrected chi connectivity index (χ4v) is 4.48. The predicted molar refractivity (Wildman–Crippen MR) is 139 cm³/mol. The van der Waals surface area contributed by atoms with Crippen LogP contribution in [0.5, 0.6) is 0 Å². The second kappa shape index (κ2) is 10.9. The van der Waals surface area contributed by atoms with Crippen LogP contribution in [0.4, 0.5) is 27.1 Å². The van der Waals surface area contributed by atoms with Crippen LogP contribution in [-0.4, -0.2) is 25.2 Å². The Morgan fingerprint density at radius 1 is 0.763 bits per heavy atom. The molecular weight excluding hydrogens is 515 g/mol. The van der Waals surface area contributed by atoms with Crippen molar-refractivity contribution in [3.05, 3.63) is 124 Å². The van der Waals surface area contributed by atoms with E-state index in [2.05, 4.69) is 15.4 Å². The number of nitro groups is 1. The van der Waals surface area contributed by atoms with E-state index in [4.69, 9.17) is 0 Å². The molecule has 4 aromatic rings. The first-order valence-electron chi connectivity index (χ1n) is 11.0. The molecule has 0 spiro atoms. The van der Waals surface area contributed by atoms with Gasteiger partial charge in [0.2, 0.25) is 0 Å². The van der Waals surface area contributed by atoms with Gasteiger partial charge in [-0.3, -0.25) is 24.4 Å². The minimum Gasteiger partial charge on any atom is -0.322 e. The number of nitrogens with zero attached hydrogens (tertiary/aromatic N) is 1. The van der Waals surface area contributed by atoms with Gasteiger partial charge in [-0.1, -0.05) is 18.2 Å². The fraction of sp³-hybridized carbons (Fsp3) is 0. The Kier molecular flexibility index (Phi) is 7.44. The van der Waals surface area contributed by atoms with E-state index < -0.39 is 32.6 Å². The average Bonchev–Trinajstić information content (AvgIpc) is 2.90. The zero-order valence-electron chi connectivity index (χ0n) is 19.4. The van der Waals surface area contributed by atoms with Crippen LogP contribution in [0.2, 0.25) is 0 Å². The highest BCUT2D eigenvalue weighted by Crippen LogP contribution is 2.22. The molecule has 192 valence electrons. The first-order valence-corrected chi connectivity index (χ1v) is 12.5. The highest BCUT2D eigenvalue weighted by Gasteiger charge is 2.19. The number of rotatable bonds is 8. The van der Waals surface area contributed by atoms with E-state index in [0.29, 0.717) is 5.69 Å². The van der Waals surface area contributed by atoms with Crippen molar-refractivity contribution in [3.8, 4) is 0 Å². The lowest BCUT2D eigenvalue weighted by Crippen LogP contribution is -2.18. The summed E-state index contributed by atoms with van der Waals surface area (Å²) in [5, 5.41) is 16.2. The minimum atomic E-state index is -4.11.